The highest BCUT2D eigenvalue weighted by molar-refractivity contribution is 5.83. The SMILES string of the molecule is c1ccc(CN2CCC(CCc3noc4cc(N5CCCC5)ccc34)CC2)cc1. The van der Waals surface area contributed by atoms with Crippen LogP contribution in [0, 0.1) is 5.92 Å². The van der Waals surface area contributed by atoms with E-state index in [0.717, 1.165) is 43.2 Å². The molecule has 0 aliphatic carbocycles. The highest BCUT2D eigenvalue weighted by Gasteiger charge is 2.21. The third kappa shape index (κ3) is 4.32. The van der Waals surface area contributed by atoms with Gasteiger partial charge in [-0.2, -0.15) is 0 Å². The number of benzene rings is 2. The van der Waals surface area contributed by atoms with E-state index >= 15 is 0 Å². The van der Waals surface area contributed by atoms with Crippen molar-refractivity contribution in [3.8, 4) is 0 Å². The van der Waals surface area contributed by atoms with Gasteiger partial charge < -0.3 is 9.42 Å². The average Bonchev–Trinajstić information content (AvgIpc) is 3.44. The van der Waals surface area contributed by atoms with E-state index in [0.29, 0.717) is 0 Å². The topological polar surface area (TPSA) is 32.5 Å². The van der Waals surface area contributed by atoms with Gasteiger partial charge in [-0.05, 0) is 75.2 Å². The summed E-state index contributed by atoms with van der Waals surface area (Å²) in [5, 5.41) is 5.62. The van der Waals surface area contributed by atoms with Crippen molar-refractivity contribution in [2.24, 2.45) is 5.92 Å². The van der Waals surface area contributed by atoms with Crippen molar-refractivity contribution in [1.29, 1.82) is 0 Å². The normalized spacial score (nSPS) is 18.7. The van der Waals surface area contributed by atoms with Gasteiger partial charge in [0.1, 0.15) is 0 Å². The van der Waals surface area contributed by atoms with Crippen LogP contribution in [0.25, 0.3) is 11.0 Å². The fraction of sp³-hybridized carbons (Fsp3) is 0.480. The predicted octanol–water partition coefficient (Wildman–Crippen LogP) is 5.27. The number of rotatable bonds is 6. The lowest BCUT2D eigenvalue weighted by Crippen LogP contribution is -2.33. The Hall–Kier alpha value is -2.33. The van der Waals surface area contributed by atoms with Crippen molar-refractivity contribution in [3.05, 3.63) is 59.8 Å². The van der Waals surface area contributed by atoms with Gasteiger partial charge in [0.15, 0.2) is 5.58 Å². The molecule has 0 saturated carbocycles. The number of likely N-dealkylation sites (tertiary alicyclic amines) is 1. The number of aryl methyl sites for hydroxylation is 1. The molecular formula is C25H31N3O. The molecule has 1 aromatic heterocycles. The summed E-state index contributed by atoms with van der Waals surface area (Å²) in [5.41, 5.74) is 4.79. The lowest BCUT2D eigenvalue weighted by molar-refractivity contribution is 0.172. The van der Waals surface area contributed by atoms with E-state index in [9.17, 15) is 0 Å². The smallest absolute Gasteiger partial charge is 0.169 e. The van der Waals surface area contributed by atoms with Crippen LogP contribution in [0.3, 0.4) is 0 Å². The van der Waals surface area contributed by atoms with E-state index in [1.165, 1.54) is 61.8 Å². The zero-order valence-electron chi connectivity index (χ0n) is 17.2. The van der Waals surface area contributed by atoms with Crippen LogP contribution >= 0.6 is 0 Å². The first-order valence-corrected chi connectivity index (χ1v) is 11.2. The van der Waals surface area contributed by atoms with Gasteiger partial charge >= 0.3 is 0 Å². The Labute approximate surface area is 173 Å². The number of aromatic nitrogens is 1. The molecule has 0 spiro atoms. The molecule has 2 aliphatic rings. The van der Waals surface area contributed by atoms with Crippen molar-refractivity contribution in [3.63, 3.8) is 0 Å². The maximum absolute atomic E-state index is 5.69. The maximum atomic E-state index is 5.69. The molecule has 0 unspecified atom stereocenters. The maximum Gasteiger partial charge on any atom is 0.169 e. The molecule has 0 bridgehead atoms. The van der Waals surface area contributed by atoms with E-state index < -0.39 is 0 Å². The molecule has 0 atom stereocenters. The molecular weight excluding hydrogens is 358 g/mol. The zero-order valence-corrected chi connectivity index (χ0v) is 17.2. The summed E-state index contributed by atoms with van der Waals surface area (Å²) in [7, 11) is 0. The second-order valence-electron chi connectivity index (χ2n) is 8.75. The Morgan fingerprint density at radius 3 is 2.52 bits per heavy atom. The molecule has 2 aromatic carbocycles. The van der Waals surface area contributed by atoms with Gasteiger partial charge in [-0.25, -0.2) is 0 Å². The summed E-state index contributed by atoms with van der Waals surface area (Å²) in [6.07, 6.45) is 7.42. The van der Waals surface area contributed by atoms with Crippen molar-refractivity contribution in [2.75, 3.05) is 31.1 Å². The molecule has 152 valence electrons. The van der Waals surface area contributed by atoms with Crippen LogP contribution in [0.5, 0.6) is 0 Å². The van der Waals surface area contributed by atoms with Gasteiger partial charge in [0.2, 0.25) is 0 Å². The van der Waals surface area contributed by atoms with Crippen molar-refractivity contribution < 1.29 is 4.52 Å². The monoisotopic (exact) mass is 389 g/mol. The Bertz CT molecular complexity index is 922. The third-order valence-corrected chi connectivity index (χ3v) is 6.75. The molecule has 5 rings (SSSR count). The largest absolute Gasteiger partial charge is 0.371 e. The highest BCUT2D eigenvalue weighted by atomic mass is 16.5. The number of nitrogens with zero attached hydrogens (tertiary/aromatic N) is 3. The molecule has 0 N–H and O–H groups in total. The Morgan fingerprint density at radius 2 is 1.72 bits per heavy atom. The lowest BCUT2D eigenvalue weighted by Gasteiger charge is -2.31. The second kappa shape index (κ2) is 8.58. The molecule has 2 fully saturated rings. The zero-order chi connectivity index (χ0) is 19.5. The quantitative estimate of drug-likeness (QED) is 0.575. The molecule has 29 heavy (non-hydrogen) atoms. The molecule has 4 heteroatoms. The summed E-state index contributed by atoms with van der Waals surface area (Å²) < 4.78 is 5.69. The van der Waals surface area contributed by atoms with Gasteiger partial charge in [-0.15, -0.1) is 0 Å². The second-order valence-corrected chi connectivity index (χ2v) is 8.75. The summed E-state index contributed by atoms with van der Waals surface area (Å²) in [6, 6.07) is 17.5. The minimum absolute atomic E-state index is 0.803. The summed E-state index contributed by atoms with van der Waals surface area (Å²) in [4.78, 5) is 5.04. The fourth-order valence-electron chi connectivity index (χ4n) is 4.95. The number of fused-ring (bicyclic) bond motifs is 1. The first kappa shape index (κ1) is 18.7. The predicted molar refractivity (Wildman–Crippen MR) is 118 cm³/mol. The first-order chi connectivity index (χ1) is 14.3. The average molecular weight is 390 g/mol. The summed E-state index contributed by atoms with van der Waals surface area (Å²) in [5.74, 6) is 0.803. The number of piperidine rings is 1. The Morgan fingerprint density at radius 1 is 0.931 bits per heavy atom. The lowest BCUT2D eigenvalue weighted by atomic mass is 9.91. The van der Waals surface area contributed by atoms with Gasteiger partial charge in [0, 0.05) is 36.8 Å². The van der Waals surface area contributed by atoms with E-state index in [4.69, 9.17) is 4.52 Å². The molecule has 3 aromatic rings. The summed E-state index contributed by atoms with van der Waals surface area (Å²) >= 11 is 0. The van der Waals surface area contributed by atoms with E-state index in [1.807, 2.05) is 0 Å². The Balaban J connectivity index is 1.14. The standard InChI is InChI=1S/C25H31N3O/c1-2-6-21(7-3-1)19-27-16-12-20(13-17-27)8-11-24-23-10-9-22(18-25(23)29-26-24)28-14-4-5-15-28/h1-3,6-7,9-10,18,20H,4-5,8,11-17,19H2. The number of anilines is 1. The Kier molecular flexibility index (Phi) is 5.53. The van der Waals surface area contributed by atoms with Crippen molar-refractivity contribution >= 4 is 16.7 Å². The fourth-order valence-corrected chi connectivity index (χ4v) is 4.95. The number of hydrogen-bond acceptors (Lipinski definition) is 4. The van der Waals surface area contributed by atoms with Crippen LogP contribution in [0.1, 0.15) is 43.4 Å². The molecule has 4 nitrogen and oxygen atoms in total. The molecule has 3 heterocycles. The van der Waals surface area contributed by atoms with Crippen LogP contribution in [-0.2, 0) is 13.0 Å². The minimum Gasteiger partial charge on any atom is -0.371 e. The van der Waals surface area contributed by atoms with Crippen LogP contribution < -0.4 is 4.90 Å². The van der Waals surface area contributed by atoms with Crippen molar-refractivity contribution in [1.82, 2.24) is 10.1 Å². The van der Waals surface area contributed by atoms with Crippen LogP contribution in [0.4, 0.5) is 5.69 Å². The molecule has 2 aliphatic heterocycles. The van der Waals surface area contributed by atoms with Gasteiger partial charge in [-0.3, -0.25) is 4.90 Å². The molecule has 0 radical (unpaired) electrons. The molecule has 2 saturated heterocycles. The van der Waals surface area contributed by atoms with E-state index in [1.54, 1.807) is 0 Å². The van der Waals surface area contributed by atoms with Gasteiger partial charge in [-0.1, -0.05) is 35.5 Å². The van der Waals surface area contributed by atoms with E-state index in [-0.39, 0.29) is 0 Å². The van der Waals surface area contributed by atoms with Crippen molar-refractivity contribution in [2.45, 2.75) is 45.1 Å². The van der Waals surface area contributed by atoms with Crippen LogP contribution in [0.15, 0.2) is 53.1 Å². The first-order valence-electron chi connectivity index (χ1n) is 11.2. The minimum atomic E-state index is 0.803. The van der Waals surface area contributed by atoms with Crippen LogP contribution in [0.2, 0.25) is 0 Å². The van der Waals surface area contributed by atoms with Gasteiger partial charge in [0.05, 0.1) is 5.69 Å². The van der Waals surface area contributed by atoms with Gasteiger partial charge in [0.25, 0.3) is 0 Å². The third-order valence-electron chi connectivity index (χ3n) is 6.75. The molecule has 0 amide bonds. The van der Waals surface area contributed by atoms with E-state index in [2.05, 4.69) is 63.5 Å². The summed E-state index contributed by atoms with van der Waals surface area (Å²) in [6.45, 7) is 5.82. The number of hydrogen-bond donors (Lipinski definition) is 0. The highest BCUT2D eigenvalue weighted by Crippen LogP contribution is 2.29. The van der Waals surface area contributed by atoms with Crippen LogP contribution in [-0.4, -0.2) is 36.2 Å².